The predicted molar refractivity (Wildman–Crippen MR) is 208 cm³/mol. The standard InChI is InChI=1S/C48H30O2/c1-6-16-31(17-7-1)36-26-38(33-20-10-3-11-21-33)46-41(28-36)44-43(49-46)30-40(35-24-14-5-15-25-35)48-45(44)42-29-37(32-18-8-2-9-19-32)27-39(47(42)50-48)34-22-12-4-13-23-34/h1-30H. The predicted octanol–water partition coefficient (Wildman–Crippen LogP) is 13.8. The summed E-state index contributed by atoms with van der Waals surface area (Å²) in [6, 6.07) is 64.1. The van der Waals surface area contributed by atoms with Crippen molar-refractivity contribution >= 4 is 43.9 Å². The molecule has 50 heavy (non-hydrogen) atoms. The Balaban J connectivity index is 1.42. The molecule has 0 unspecified atom stereocenters. The zero-order chi connectivity index (χ0) is 33.0. The van der Waals surface area contributed by atoms with E-state index in [1.807, 2.05) is 0 Å². The highest BCUT2D eigenvalue weighted by molar-refractivity contribution is 6.30. The van der Waals surface area contributed by atoms with Crippen LogP contribution in [0.15, 0.2) is 191 Å². The number of benzene rings is 8. The Morgan fingerprint density at radius 2 is 0.620 bits per heavy atom. The Morgan fingerprint density at radius 1 is 0.260 bits per heavy atom. The number of hydrogen-bond donors (Lipinski definition) is 0. The van der Waals surface area contributed by atoms with E-state index in [1.165, 1.54) is 0 Å². The molecular weight excluding hydrogens is 609 g/mol. The number of furan rings is 2. The van der Waals surface area contributed by atoms with E-state index in [-0.39, 0.29) is 0 Å². The molecule has 0 aliphatic heterocycles. The summed E-state index contributed by atoms with van der Waals surface area (Å²) in [7, 11) is 0. The normalized spacial score (nSPS) is 11.6. The van der Waals surface area contributed by atoms with E-state index >= 15 is 0 Å². The van der Waals surface area contributed by atoms with Crippen LogP contribution in [-0.2, 0) is 0 Å². The van der Waals surface area contributed by atoms with Crippen molar-refractivity contribution in [3.8, 4) is 55.6 Å². The summed E-state index contributed by atoms with van der Waals surface area (Å²) in [5.74, 6) is 0. The first-order chi connectivity index (χ1) is 24.8. The van der Waals surface area contributed by atoms with E-state index in [2.05, 4.69) is 182 Å². The third-order valence-electron chi connectivity index (χ3n) is 9.84. The van der Waals surface area contributed by atoms with E-state index < -0.39 is 0 Å². The van der Waals surface area contributed by atoms with Crippen molar-refractivity contribution in [3.05, 3.63) is 182 Å². The average molecular weight is 639 g/mol. The highest BCUT2D eigenvalue weighted by Crippen LogP contribution is 2.49. The van der Waals surface area contributed by atoms with Gasteiger partial charge in [-0.05, 0) is 69.3 Å². The molecule has 2 heterocycles. The molecule has 10 aromatic rings. The minimum Gasteiger partial charge on any atom is -0.455 e. The minimum atomic E-state index is 0.836. The van der Waals surface area contributed by atoms with Crippen molar-refractivity contribution in [2.45, 2.75) is 0 Å². The highest BCUT2D eigenvalue weighted by atomic mass is 16.3. The van der Waals surface area contributed by atoms with Gasteiger partial charge in [0, 0.05) is 38.2 Å². The molecule has 0 radical (unpaired) electrons. The summed E-state index contributed by atoms with van der Waals surface area (Å²) < 4.78 is 14.1. The van der Waals surface area contributed by atoms with Crippen molar-refractivity contribution in [1.82, 2.24) is 0 Å². The van der Waals surface area contributed by atoms with Gasteiger partial charge in [-0.2, -0.15) is 0 Å². The van der Waals surface area contributed by atoms with Gasteiger partial charge in [-0.15, -0.1) is 0 Å². The van der Waals surface area contributed by atoms with Crippen LogP contribution in [0.4, 0.5) is 0 Å². The topological polar surface area (TPSA) is 26.3 Å². The molecule has 8 aromatic carbocycles. The van der Waals surface area contributed by atoms with E-state index in [4.69, 9.17) is 8.83 Å². The summed E-state index contributed by atoms with van der Waals surface area (Å²) in [5, 5.41) is 4.26. The van der Waals surface area contributed by atoms with Gasteiger partial charge in [0.1, 0.15) is 22.3 Å². The van der Waals surface area contributed by atoms with E-state index in [0.29, 0.717) is 0 Å². The Bertz CT molecular complexity index is 2810. The SMILES string of the molecule is c1ccc(-c2cc(-c3ccccc3)c3oc4cc(-c5ccccc5)c5oc6c(-c7ccccc7)cc(-c7ccccc7)cc6c5c4c3c2)cc1. The summed E-state index contributed by atoms with van der Waals surface area (Å²) in [5.41, 5.74) is 14.5. The van der Waals surface area contributed by atoms with Crippen LogP contribution in [0.1, 0.15) is 0 Å². The lowest BCUT2D eigenvalue weighted by Gasteiger charge is -2.09. The van der Waals surface area contributed by atoms with Crippen LogP contribution in [0, 0.1) is 0 Å². The van der Waals surface area contributed by atoms with E-state index in [9.17, 15) is 0 Å². The average Bonchev–Trinajstić information content (AvgIpc) is 3.77. The van der Waals surface area contributed by atoms with Gasteiger partial charge in [0.25, 0.3) is 0 Å². The molecule has 0 fully saturated rings. The van der Waals surface area contributed by atoms with E-state index in [1.54, 1.807) is 0 Å². The van der Waals surface area contributed by atoms with Gasteiger partial charge in [0.05, 0.1) is 0 Å². The largest absolute Gasteiger partial charge is 0.455 e. The van der Waals surface area contributed by atoms with Gasteiger partial charge in [0.2, 0.25) is 0 Å². The lowest BCUT2D eigenvalue weighted by Crippen LogP contribution is -1.84. The molecule has 0 amide bonds. The molecule has 2 nitrogen and oxygen atoms in total. The van der Waals surface area contributed by atoms with E-state index in [0.717, 1.165) is 99.5 Å². The molecule has 0 aliphatic rings. The summed E-state index contributed by atoms with van der Waals surface area (Å²) in [6.07, 6.45) is 0. The second kappa shape index (κ2) is 11.5. The fraction of sp³-hybridized carbons (Fsp3) is 0. The summed E-state index contributed by atoms with van der Waals surface area (Å²) >= 11 is 0. The third kappa shape index (κ3) is 4.57. The van der Waals surface area contributed by atoms with Crippen molar-refractivity contribution in [3.63, 3.8) is 0 Å². The van der Waals surface area contributed by atoms with Crippen LogP contribution in [0.2, 0.25) is 0 Å². The van der Waals surface area contributed by atoms with Crippen LogP contribution < -0.4 is 0 Å². The molecular formula is C48H30O2. The Kier molecular flexibility index (Phi) is 6.53. The van der Waals surface area contributed by atoms with Gasteiger partial charge < -0.3 is 8.83 Å². The second-order valence-corrected chi connectivity index (χ2v) is 12.8. The Hall–Kier alpha value is -6.64. The fourth-order valence-electron chi connectivity index (χ4n) is 7.50. The highest BCUT2D eigenvalue weighted by Gasteiger charge is 2.25. The monoisotopic (exact) mass is 638 g/mol. The first-order valence-electron chi connectivity index (χ1n) is 17.0. The van der Waals surface area contributed by atoms with Crippen LogP contribution in [0.5, 0.6) is 0 Å². The Morgan fingerprint density at radius 3 is 1.06 bits per heavy atom. The molecule has 0 N–H and O–H groups in total. The van der Waals surface area contributed by atoms with Crippen LogP contribution in [0.25, 0.3) is 99.5 Å². The molecule has 0 atom stereocenters. The lowest BCUT2D eigenvalue weighted by molar-refractivity contribution is 0.665. The lowest BCUT2D eigenvalue weighted by atomic mass is 9.92. The molecule has 0 bridgehead atoms. The first kappa shape index (κ1) is 28.4. The maximum absolute atomic E-state index is 7.13. The first-order valence-corrected chi connectivity index (χ1v) is 17.0. The number of hydrogen-bond acceptors (Lipinski definition) is 2. The van der Waals surface area contributed by atoms with Crippen LogP contribution in [0.3, 0.4) is 0 Å². The molecule has 0 saturated heterocycles. The molecule has 10 rings (SSSR count). The molecule has 0 spiro atoms. The minimum absolute atomic E-state index is 0.836. The second-order valence-electron chi connectivity index (χ2n) is 12.8. The zero-order valence-corrected chi connectivity index (χ0v) is 27.1. The molecule has 234 valence electrons. The molecule has 2 aromatic heterocycles. The van der Waals surface area contributed by atoms with Crippen molar-refractivity contribution < 1.29 is 8.83 Å². The zero-order valence-electron chi connectivity index (χ0n) is 27.1. The summed E-state index contributed by atoms with van der Waals surface area (Å²) in [6.45, 7) is 0. The van der Waals surface area contributed by atoms with Gasteiger partial charge in [-0.3, -0.25) is 0 Å². The van der Waals surface area contributed by atoms with Crippen LogP contribution in [-0.4, -0.2) is 0 Å². The van der Waals surface area contributed by atoms with Crippen molar-refractivity contribution in [2.75, 3.05) is 0 Å². The van der Waals surface area contributed by atoms with Gasteiger partial charge in [-0.1, -0.05) is 152 Å². The Labute approximate surface area is 289 Å². The van der Waals surface area contributed by atoms with Crippen molar-refractivity contribution in [2.24, 2.45) is 0 Å². The van der Waals surface area contributed by atoms with Crippen LogP contribution >= 0.6 is 0 Å². The molecule has 2 heteroatoms. The third-order valence-corrected chi connectivity index (χ3v) is 9.84. The smallest absolute Gasteiger partial charge is 0.144 e. The number of rotatable bonds is 5. The molecule has 0 aliphatic carbocycles. The quantitative estimate of drug-likeness (QED) is 0.187. The summed E-state index contributed by atoms with van der Waals surface area (Å²) in [4.78, 5) is 0. The fourth-order valence-corrected chi connectivity index (χ4v) is 7.50. The maximum Gasteiger partial charge on any atom is 0.144 e. The van der Waals surface area contributed by atoms with Gasteiger partial charge >= 0.3 is 0 Å². The maximum atomic E-state index is 7.13. The van der Waals surface area contributed by atoms with Gasteiger partial charge in [-0.25, -0.2) is 0 Å². The molecule has 0 saturated carbocycles. The van der Waals surface area contributed by atoms with Crippen molar-refractivity contribution in [1.29, 1.82) is 0 Å². The number of fused-ring (bicyclic) bond motifs is 7. The van der Waals surface area contributed by atoms with Gasteiger partial charge in [0.15, 0.2) is 0 Å².